The number of nitriles is 1. The molecule has 24 heavy (non-hydrogen) atoms. The van der Waals surface area contributed by atoms with E-state index < -0.39 is 0 Å². The van der Waals surface area contributed by atoms with Gasteiger partial charge in [-0.2, -0.15) is 5.26 Å². The van der Waals surface area contributed by atoms with Gasteiger partial charge in [-0.25, -0.2) is 0 Å². The largest absolute Gasteiger partial charge is 0.461 e. The van der Waals surface area contributed by atoms with Gasteiger partial charge in [-0.05, 0) is 49.3 Å². The number of aromatic nitrogens is 1. The van der Waals surface area contributed by atoms with Gasteiger partial charge in [0.05, 0.1) is 9.31 Å². The molecule has 0 bridgehead atoms. The minimum absolute atomic E-state index is 0.112. The maximum atomic E-state index is 12.3. The fourth-order valence-corrected chi connectivity index (χ4v) is 3.51. The topological polar surface area (TPSA) is 55.0 Å². The van der Waals surface area contributed by atoms with Crippen LogP contribution in [0.5, 0.6) is 0 Å². The van der Waals surface area contributed by atoms with Crippen molar-refractivity contribution in [2.75, 3.05) is 0 Å². The minimum Gasteiger partial charge on any atom is -0.461 e. The van der Waals surface area contributed by atoms with Gasteiger partial charge in [-0.1, -0.05) is 37.6 Å². The predicted molar refractivity (Wildman–Crippen MR) is 101 cm³/mol. The first-order valence-electron chi connectivity index (χ1n) is 7.35. The lowest BCUT2D eigenvalue weighted by Gasteiger charge is -2.04. The highest BCUT2D eigenvalue weighted by molar-refractivity contribution is 9.28. The summed E-state index contributed by atoms with van der Waals surface area (Å²) in [5.74, 6) is -0.222. The third kappa shape index (κ3) is 4.33. The van der Waals surface area contributed by atoms with E-state index >= 15 is 0 Å². The molecular formula is C17H17Br2ClN2O2. The number of rotatable bonds is 6. The summed E-state index contributed by atoms with van der Waals surface area (Å²) >= 11 is 12.2. The number of carbonyl (C=O) groups excluding carboxylic acids is 1. The van der Waals surface area contributed by atoms with Crippen molar-refractivity contribution >= 4 is 49.4 Å². The summed E-state index contributed by atoms with van der Waals surface area (Å²) in [5, 5.41) is 9.14. The van der Waals surface area contributed by atoms with Crippen molar-refractivity contribution in [3.8, 4) is 6.07 Å². The molecule has 1 aliphatic rings. The van der Waals surface area contributed by atoms with Crippen LogP contribution < -0.4 is 0 Å². The molecule has 0 radical (unpaired) electrons. The van der Waals surface area contributed by atoms with Gasteiger partial charge in [0.2, 0.25) is 0 Å². The Morgan fingerprint density at radius 1 is 1.54 bits per heavy atom. The van der Waals surface area contributed by atoms with E-state index in [9.17, 15) is 4.79 Å². The summed E-state index contributed by atoms with van der Waals surface area (Å²) in [5.41, 5.74) is 2.59. The molecule has 0 amide bonds. The lowest BCUT2D eigenvalue weighted by atomic mass is 10.1. The molecule has 7 heteroatoms. The van der Waals surface area contributed by atoms with Crippen molar-refractivity contribution in [2.24, 2.45) is 17.3 Å². The van der Waals surface area contributed by atoms with Crippen molar-refractivity contribution in [1.29, 1.82) is 5.26 Å². The van der Waals surface area contributed by atoms with Gasteiger partial charge in [-0.3, -0.25) is 4.79 Å². The highest BCUT2D eigenvalue weighted by atomic mass is 79.9. The zero-order chi connectivity index (χ0) is 17.9. The van der Waals surface area contributed by atoms with Crippen LogP contribution in [0.2, 0.25) is 0 Å². The van der Waals surface area contributed by atoms with Gasteiger partial charge >= 0.3 is 5.97 Å². The summed E-state index contributed by atoms with van der Waals surface area (Å²) in [6.07, 6.45) is 5.52. The third-order valence-corrected chi connectivity index (χ3v) is 5.02. The molecule has 0 aromatic carbocycles. The van der Waals surface area contributed by atoms with Crippen LogP contribution in [0.15, 0.2) is 33.3 Å². The van der Waals surface area contributed by atoms with Gasteiger partial charge in [0.15, 0.2) is 0 Å². The van der Waals surface area contributed by atoms with Gasteiger partial charge in [0.25, 0.3) is 0 Å². The second-order valence-corrected chi connectivity index (χ2v) is 9.27. The Kier molecular flexibility index (Phi) is 6.35. The average Bonchev–Trinajstić information content (AvgIpc) is 2.88. The predicted octanol–water partition coefficient (Wildman–Crippen LogP) is 5.06. The molecule has 1 fully saturated rings. The minimum atomic E-state index is -0.214. The Hall–Kier alpha value is -1.03. The van der Waals surface area contributed by atoms with Crippen LogP contribution in [0.3, 0.4) is 0 Å². The molecule has 128 valence electrons. The van der Waals surface area contributed by atoms with Gasteiger partial charge in [0.1, 0.15) is 18.4 Å². The lowest BCUT2D eigenvalue weighted by Crippen LogP contribution is -2.10. The molecule has 2 atom stereocenters. The van der Waals surface area contributed by atoms with E-state index in [0.717, 1.165) is 8.96 Å². The van der Waals surface area contributed by atoms with Crippen LogP contribution in [0.1, 0.15) is 25.1 Å². The monoisotopic (exact) mass is 474 g/mol. The summed E-state index contributed by atoms with van der Waals surface area (Å²) in [4.78, 5) is 12.3. The van der Waals surface area contributed by atoms with Crippen LogP contribution in [0.4, 0.5) is 0 Å². The van der Waals surface area contributed by atoms with Crippen LogP contribution >= 0.6 is 43.5 Å². The second kappa shape index (κ2) is 7.90. The quantitative estimate of drug-likeness (QED) is 0.540. The summed E-state index contributed by atoms with van der Waals surface area (Å²) in [6, 6.07) is 3.84. The van der Waals surface area contributed by atoms with E-state index in [0.29, 0.717) is 12.2 Å². The summed E-state index contributed by atoms with van der Waals surface area (Å²) in [7, 11) is 0. The Morgan fingerprint density at radius 3 is 2.83 bits per heavy atom. The van der Waals surface area contributed by atoms with Crippen molar-refractivity contribution in [3.05, 3.63) is 44.6 Å². The van der Waals surface area contributed by atoms with E-state index in [1.165, 1.54) is 5.54 Å². The molecule has 0 aliphatic heterocycles. The average molecular weight is 477 g/mol. The van der Waals surface area contributed by atoms with Crippen molar-refractivity contribution in [2.45, 2.75) is 27.0 Å². The smallest absolute Gasteiger partial charge is 0.310 e. The number of carbonyl (C=O) groups is 1. The van der Waals surface area contributed by atoms with E-state index in [4.69, 9.17) is 21.6 Å². The van der Waals surface area contributed by atoms with Crippen molar-refractivity contribution in [1.82, 2.24) is 4.57 Å². The molecule has 0 spiro atoms. The fourth-order valence-electron chi connectivity index (χ4n) is 2.86. The summed E-state index contributed by atoms with van der Waals surface area (Å²) < 4.78 is 8.05. The molecule has 1 aliphatic carbocycles. The molecule has 1 saturated carbocycles. The van der Waals surface area contributed by atoms with Gasteiger partial charge < -0.3 is 9.30 Å². The van der Waals surface area contributed by atoms with Crippen molar-refractivity contribution < 1.29 is 9.53 Å². The molecule has 0 saturated heterocycles. The molecule has 0 N–H and O–H groups in total. The van der Waals surface area contributed by atoms with Crippen LogP contribution in [-0.2, 0) is 22.7 Å². The van der Waals surface area contributed by atoms with Crippen LogP contribution in [0.25, 0.3) is 0 Å². The number of ether oxygens (including phenoxy) is 1. The van der Waals surface area contributed by atoms with E-state index in [1.807, 2.05) is 19.9 Å². The van der Waals surface area contributed by atoms with Gasteiger partial charge in [-0.15, -0.1) is 0 Å². The lowest BCUT2D eigenvalue weighted by molar-refractivity contribution is -0.147. The SMILES string of the molecule is CC1(C)[C@H](C(=O)OCc2cc(C#N)n(C/C=C/Cl)c2)[C@@H]1C=C(Br)Br. The molecule has 1 aromatic rings. The number of hydrogen-bond donors (Lipinski definition) is 0. The standard InChI is InChI=1S/C17H17Br2ClN2O2/c1-17(2)13(7-14(18)19)15(17)16(23)24-10-11-6-12(8-21)22(9-11)5-3-4-20/h3-4,6-7,9,13,15H,5,10H2,1-2H3/b4-3+/t13-,15-/m0/s1. The van der Waals surface area contributed by atoms with Gasteiger partial charge in [0, 0.05) is 23.8 Å². The Morgan fingerprint density at radius 2 is 2.25 bits per heavy atom. The number of allylic oxidation sites excluding steroid dienone is 2. The number of esters is 1. The second-order valence-electron chi connectivity index (χ2n) is 6.25. The zero-order valence-electron chi connectivity index (χ0n) is 13.3. The first-order valence-corrected chi connectivity index (χ1v) is 9.37. The van der Waals surface area contributed by atoms with E-state index in [1.54, 1.807) is 22.9 Å². The van der Waals surface area contributed by atoms with E-state index in [2.05, 4.69) is 37.9 Å². The maximum Gasteiger partial charge on any atom is 0.310 e. The maximum absolute atomic E-state index is 12.3. The van der Waals surface area contributed by atoms with Crippen molar-refractivity contribution in [3.63, 3.8) is 0 Å². The summed E-state index contributed by atoms with van der Waals surface area (Å²) in [6.45, 7) is 4.75. The molecule has 0 unspecified atom stereocenters. The normalized spacial score (nSPS) is 21.3. The Labute approximate surface area is 163 Å². The van der Waals surface area contributed by atoms with Crippen LogP contribution in [-0.4, -0.2) is 10.5 Å². The first-order chi connectivity index (χ1) is 11.3. The van der Waals surface area contributed by atoms with Crippen LogP contribution in [0, 0.1) is 28.6 Å². The first kappa shape index (κ1) is 19.3. The highest BCUT2D eigenvalue weighted by Crippen LogP contribution is 2.60. The molecule has 2 rings (SSSR count). The molecule has 1 heterocycles. The number of hydrogen-bond acceptors (Lipinski definition) is 3. The Bertz CT molecular complexity index is 727. The van der Waals surface area contributed by atoms with E-state index in [-0.39, 0.29) is 29.8 Å². The molecule has 1 aromatic heterocycles. The highest BCUT2D eigenvalue weighted by Gasteiger charge is 2.61. The molecule has 4 nitrogen and oxygen atoms in total. The number of halogens is 3. The third-order valence-electron chi connectivity index (χ3n) is 4.31. The fraction of sp³-hybridized carbons (Fsp3) is 0.412. The number of nitrogens with zero attached hydrogens (tertiary/aromatic N) is 2. The molecular weight excluding hydrogens is 459 g/mol. The Balaban J connectivity index is 1.99. The zero-order valence-corrected chi connectivity index (χ0v) is 17.2.